The molecule has 5 heteroatoms. The fraction of sp³-hybridized carbons (Fsp3) is 0.600. The summed E-state index contributed by atoms with van der Waals surface area (Å²) in [4.78, 5) is 0. The van der Waals surface area contributed by atoms with Crippen LogP contribution in [0.15, 0.2) is 24.3 Å². The molecule has 0 aromatic heterocycles. The zero-order chi connectivity index (χ0) is 18.1. The lowest BCUT2D eigenvalue weighted by molar-refractivity contribution is 0.187. The van der Waals surface area contributed by atoms with E-state index in [-0.39, 0.29) is 24.8 Å². The summed E-state index contributed by atoms with van der Waals surface area (Å²) >= 11 is 0. The second-order valence-corrected chi connectivity index (χ2v) is 6.47. The smallest absolute Gasteiger partial charge is 0.204 e. The summed E-state index contributed by atoms with van der Waals surface area (Å²) in [5.74, 6) is -1.25. The van der Waals surface area contributed by atoms with E-state index in [2.05, 4.69) is 12.2 Å². The Morgan fingerprint density at radius 3 is 2.28 bits per heavy atom. The molecule has 2 nitrogen and oxygen atoms in total. The highest BCUT2D eigenvalue weighted by Crippen LogP contribution is 2.32. The molecule has 1 aromatic rings. The summed E-state index contributed by atoms with van der Waals surface area (Å²) in [7, 11) is 0. The highest BCUT2D eigenvalue weighted by Gasteiger charge is 2.21. The molecular formula is C20H27F3O2. The Labute approximate surface area is 148 Å². The molecule has 0 N–H and O–H groups in total. The van der Waals surface area contributed by atoms with Crippen LogP contribution in [0.25, 0.3) is 0 Å². The van der Waals surface area contributed by atoms with Crippen molar-refractivity contribution in [2.24, 2.45) is 11.8 Å². The van der Waals surface area contributed by atoms with Crippen LogP contribution < -0.4 is 9.47 Å². The first kappa shape index (κ1) is 19.7. The fourth-order valence-electron chi connectivity index (χ4n) is 3.13. The minimum Gasteiger partial charge on any atom is -0.491 e. The standard InChI is InChI=1S/C20H27F3O2/c1-2-24-17-11-12-18(20(23)19(17)22)25-14-16-9-7-15(8-10-16)6-4-3-5-13-21/h4,6,11-12,15-16H,2-3,5,7-10,13-14H2,1H3. The summed E-state index contributed by atoms with van der Waals surface area (Å²) < 4.78 is 50.4. The predicted octanol–water partition coefficient (Wildman–Crippen LogP) is 5.85. The lowest BCUT2D eigenvalue weighted by Crippen LogP contribution is -2.19. The quantitative estimate of drug-likeness (QED) is 0.408. The highest BCUT2D eigenvalue weighted by molar-refractivity contribution is 5.35. The Kier molecular flexibility index (Phi) is 8.16. The third-order valence-corrected chi connectivity index (χ3v) is 4.59. The van der Waals surface area contributed by atoms with Gasteiger partial charge in [0.05, 0.1) is 19.9 Å². The normalized spacial score (nSPS) is 20.8. The molecule has 0 amide bonds. The van der Waals surface area contributed by atoms with Gasteiger partial charge in [-0.1, -0.05) is 12.2 Å². The van der Waals surface area contributed by atoms with Crippen LogP contribution in [0.4, 0.5) is 13.2 Å². The molecule has 0 radical (unpaired) electrons. The van der Waals surface area contributed by atoms with Crippen molar-refractivity contribution >= 4 is 0 Å². The van der Waals surface area contributed by atoms with Gasteiger partial charge in [-0.05, 0) is 69.4 Å². The van der Waals surface area contributed by atoms with Crippen molar-refractivity contribution in [1.29, 1.82) is 0 Å². The fourth-order valence-corrected chi connectivity index (χ4v) is 3.13. The third-order valence-electron chi connectivity index (χ3n) is 4.59. The van der Waals surface area contributed by atoms with Crippen LogP contribution in [0.5, 0.6) is 11.5 Å². The van der Waals surface area contributed by atoms with Gasteiger partial charge < -0.3 is 9.47 Å². The van der Waals surface area contributed by atoms with E-state index < -0.39 is 11.6 Å². The molecule has 2 rings (SSSR count). The highest BCUT2D eigenvalue weighted by atomic mass is 19.2. The zero-order valence-electron chi connectivity index (χ0n) is 14.8. The molecule has 0 bridgehead atoms. The van der Waals surface area contributed by atoms with E-state index in [4.69, 9.17) is 9.47 Å². The number of rotatable bonds is 9. The number of benzene rings is 1. The van der Waals surface area contributed by atoms with Gasteiger partial charge in [-0.3, -0.25) is 4.39 Å². The molecule has 1 aliphatic carbocycles. The van der Waals surface area contributed by atoms with Crippen LogP contribution in [-0.4, -0.2) is 19.9 Å². The van der Waals surface area contributed by atoms with Crippen molar-refractivity contribution in [3.8, 4) is 11.5 Å². The van der Waals surface area contributed by atoms with Gasteiger partial charge in [-0.15, -0.1) is 0 Å². The van der Waals surface area contributed by atoms with Crippen LogP contribution in [-0.2, 0) is 0 Å². The third kappa shape index (κ3) is 5.98. The SMILES string of the molecule is CCOc1ccc(OCC2CCC(C=CCCCF)CC2)c(F)c1F. The lowest BCUT2D eigenvalue weighted by atomic mass is 9.82. The van der Waals surface area contributed by atoms with Crippen LogP contribution in [0, 0.1) is 23.5 Å². The van der Waals surface area contributed by atoms with Gasteiger partial charge >= 0.3 is 0 Å². The first-order valence-corrected chi connectivity index (χ1v) is 9.11. The molecular weight excluding hydrogens is 329 g/mol. The van der Waals surface area contributed by atoms with Gasteiger partial charge in [0.25, 0.3) is 0 Å². The zero-order valence-corrected chi connectivity index (χ0v) is 14.8. The summed E-state index contributed by atoms with van der Waals surface area (Å²) in [6, 6.07) is 2.82. The predicted molar refractivity (Wildman–Crippen MR) is 92.8 cm³/mol. The first-order chi connectivity index (χ1) is 12.2. The summed E-state index contributed by atoms with van der Waals surface area (Å²) in [5, 5.41) is 0. The Morgan fingerprint density at radius 2 is 1.68 bits per heavy atom. The average Bonchev–Trinajstić information content (AvgIpc) is 2.63. The molecule has 1 aromatic carbocycles. The molecule has 0 spiro atoms. The Balaban J connectivity index is 1.78. The summed E-state index contributed by atoms with van der Waals surface area (Å²) in [6.07, 6.45) is 9.75. The molecule has 1 saturated carbocycles. The van der Waals surface area contributed by atoms with Crippen molar-refractivity contribution < 1.29 is 22.6 Å². The Morgan fingerprint density at radius 1 is 1.04 bits per heavy atom. The van der Waals surface area contributed by atoms with Crippen LogP contribution in [0.2, 0.25) is 0 Å². The molecule has 0 aliphatic heterocycles. The minimum atomic E-state index is -0.999. The topological polar surface area (TPSA) is 18.5 Å². The second kappa shape index (κ2) is 10.4. The van der Waals surface area contributed by atoms with Crippen LogP contribution in [0.1, 0.15) is 45.4 Å². The monoisotopic (exact) mass is 356 g/mol. The molecule has 1 fully saturated rings. The van der Waals surface area contributed by atoms with Crippen molar-refractivity contribution in [2.45, 2.75) is 45.4 Å². The number of ether oxygens (including phenoxy) is 2. The van der Waals surface area contributed by atoms with Gasteiger partial charge in [0, 0.05) is 0 Å². The maximum atomic E-state index is 14.0. The molecule has 0 unspecified atom stereocenters. The van der Waals surface area contributed by atoms with Crippen molar-refractivity contribution in [3.63, 3.8) is 0 Å². The largest absolute Gasteiger partial charge is 0.491 e. The summed E-state index contributed by atoms with van der Waals surface area (Å²) in [6.45, 7) is 2.12. The van der Waals surface area contributed by atoms with E-state index in [0.29, 0.717) is 24.9 Å². The lowest BCUT2D eigenvalue weighted by Gasteiger charge is -2.26. The second-order valence-electron chi connectivity index (χ2n) is 6.47. The number of unbranched alkanes of at least 4 members (excludes halogenated alkanes) is 1. The Hall–Kier alpha value is -1.65. The van der Waals surface area contributed by atoms with Crippen molar-refractivity contribution in [1.82, 2.24) is 0 Å². The van der Waals surface area contributed by atoms with E-state index in [1.54, 1.807) is 6.92 Å². The molecule has 25 heavy (non-hydrogen) atoms. The van der Waals surface area contributed by atoms with Gasteiger partial charge in [-0.25, -0.2) is 0 Å². The number of hydrogen-bond acceptors (Lipinski definition) is 2. The molecule has 0 heterocycles. The molecule has 1 aliphatic rings. The van der Waals surface area contributed by atoms with Crippen molar-refractivity contribution in [2.75, 3.05) is 19.9 Å². The maximum Gasteiger partial charge on any atom is 0.204 e. The number of halogens is 3. The number of hydrogen-bond donors (Lipinski definition) is 0. The van der Waals surface area contributed by atoms with Crippen LogP contribution >= 0.6 is 0 Å². The van der Waals surface area contributed by atoms with E-state index >= 15 is 0 Å². The Bertz CT molecular complexity index is 552. The van der Waals surface area contributed by atoms with E-state index in [1.165, 1.54) is 12.1 Å². The van der Waals surface area contributed by atoms with E-state index in [0.717, 1.165) is 32.1 Å². The molecule has 0 saturated heterocycles. The van der Waals surface area contributed by atoms with E-state index in [9.17, 15) is 13.2 Å². The van der Waals surface area contributed by atoms with Gasteiger partial charge in [0.1, 0.15) is 0 Å². The van der Waals surface area contributed by atoms with Gasteiger partial charge in [0.2, 0.25) is 11.6 Å². The van der Waals surface area contributed by atoms with Crippen molar-refractivity contribution in [3.05, 3.63) is 35.9 Å². The van der Waals surface area contributed by atoms with E-state index in [1.807, 2.05) is 0 Å². The summed E-state index contributed by atoms with van der Waals surface area (Å²) in [5.41, 5.74) is 0. The number of allylic oxidation sites excluding steroid dienone is 2. The molecule has 0 atom stereocenters. The van der Waals surface area contributed by atoms with Gasteiger partial charge in [0.15, 0.2) is 11.5 Å². The van der Waals surface area contributed by atoms with Gasteiger partial charge in [-0.2, -0.15) is 8.78 Å². The minimum absolute atomic E-state index is 0.0609. The average molecular weight is 356 g/mol. The first-order valence-electron chi connectivity index (χ1n) is 9.11. The van der Waals surface area contributed by atoms with Crippen LogP contribution in [0.3, 0.4) is 0 Å². The molecule has 140 valence electrons. The maximum absolute atomic E-state index is 14.0. The number of alkyl halides is 1.